The molecule has 0 radical (unpaired) electrons. The van der Waals surface area contributed by atoms with Crippen LogP contribution in [0.2, 0.25) is 0 Å². The van der Waals surface area contributed by atoms with E-state index in [0.717, 1.165) is 12.1 Å². The van der Waals surface area contributed by atoms with E-state index in [1.54, 1.807) is 25.1 Å². The molecule has 32 heavy (non-hydrogen) atoms. The number of nitro benzene ring substituents is 1. The van der Waals surface area contributed by atoms with Gasteiger partial charge in [-0.25, -0.2) is 14.1 Å². The molecule has 0 bridgehead atoms. The van der Waals surface area contributed by atoms with Gasteiger partial charge in [0, 0.05) is 36.2 Å². The van der Waals surface area contributed by atoms with Gasteiger partial charge in [-0.1, -0.05) is 0 Å². The zero-order valence-corrected chi connectivity index (χ0v) is 16.9. The molecule has 0 fully saturated rings. The Labute approximate surface area is 180 Å². The normalized spacial score (nSPS) is 10.8. The number of nitrogens with zero attached hydrogens (tertiary/aromatic N) is 4. The van der Waals surface area contributed by atoms with Crippen LogP contribution in [0.25, 0.3) is 16.7 Å². The van der Waals surface area contributed by atoms with E-state index in [9.17, 15) is 24.1 Å². The van der Waals surface area contributed by atoms with Gasteiger partial charge in [-0.05, 0) is 43.3 Å². The average molecular weight is 434 g/mol. The van der Waals surface area contributed by atoms with Crippen LogP contribution in [0.4, 0.5) is 10.1 Å². The molecule has 4 rings (SSSR count). The Bertz CT molecular complexity index is 1400. The van der Waals surface area contributed by atoms with Crippen molar-refractivity contribution < 1.29 is 23.6 Å². The van der Waals surface area contributed by atoms with Gasteiger partial charge in [0.05, 0.1) is 21.9 Å². The van der Waals surface area contributed by atoms with Gasteiger partial charge in [-0.3, -0.25) is 19.7 Å². The molecule has 0 amide bonds. The van der Waals surface area contributed by atoms with Crippen molar-refractivity contribution in [2.75, 3.05) is 0 Å². The van der Waals surface area contributed by atoms with Gasteiger partial charge in [0.25, 0.3) is 5.69 Å². The van der Waals surface area contributed by atoms with E-state index in [0.29, 0.717) is 22.4 Å². The van der Waals surface area contributed by atoms with Gasteiger partial charge in [0.15, 0.2) is 11.4 Å². The van der Waals surface area contributed by atoms with Crippen molar-refractivity contribution in [3.63, 3.8) is 0 Å². The Morgan fingerprint density at radius 2 is 1.84 bits per heavy atom. The molecule has 0 spiro atoms. The van der Waals surface area contributed by atoms with Crippen molar-refractivity contribution in [2.45, 2.75) is 13.8 Å². The Morgan fingerprint density at radius 3 is 2.50 bits per heavy atom. The molecule has 0 aliphatic heterocycles. The van der Waals surface area contributed by atoms with Gasteiger partial charge >= 0.3 is 5.97 Å². The van der Waals surface area contributed by atoms with Crippen LogP contribution >= 0.6 is 0 Å². The van der Waals surface area contributed by atoms with Gasteiger partial charge in [0.2, 0.25) is 0 Å². The number of carbonyl (C=O) groups excluding carboxylic acids is 2. The number of non-ortho nitro benzene ring substituents is 1. The maximum atomic E-state index is 13.8. The molecule has 2 aromatic heterocycles. The van der Waals surface area contributed by atoms with Crippen LogP contribution in [-0.4, -0.2) is 31.4 Å². The molecule has 10 heteroatoms. The number of aryl methyl sites for hydroxylation is 1. The predicted molar refractivity (Wildman–Crippen MR) is 111 cm³/mol. The second kappa shape index (κ2) is 7.99. The summed E-state index contributed by atoms with van der Waals surface area (Å²) in [6.07, 6.45) is 1.32. The summed E-state index contributed by atoms with van der Waals surface area (Å²) in [4.78, 5) is 39.1. The van der Waals surface area contributed by atoms with Crippen LogP contribution in [0, 0.1) is 22.9 Å². The third kappa shape index (κ3) is 3.81. The maximum absolute atomic E-state index is 13.8. The zero-order valence-electron chi connectivity index (χ0n) is 16.9. The summed E-state index contributed by atoms with van der Waals surface area (Å²) >= 11 is 0. The highest BCUT2D eigenvalue weighted by atomic mass is 19.1. The molecular weight excluding hydrogens is 419 g/mol. The summed E-state index contributed by atoms with van der Waals surface area (Å²) in [6.45, 7) is 2.91. The number of pyridine rings is 1. The van der Waals surface area contributed by atoms with Crippen LogP contribution in [0.15, 0.2) is 54.7 Å². The van der Waals surface area contributed by atoms with E-state index in [4.69, 9.17) is 4.74 Å². The third-order valence-corrected chi connectivity index (χ3v) is 4.71. The summed E-state index contributed by atoms with van der Waals surface area (Å²) < 4.78 is 20.3. The van der Waals surface area contributed by atoms with E-state index in [1.807, 2.05) is 0 Å². The molecule has 9 nitrogen and oxygen atoms in total. The fourth-order valence-electron chi connectivity index (χ4n) is 3.24. The van der Waals surface area contributed by atoms with Crippen molar-refractivity contribution in [3.8, 4) is 11.4 Å². The number of carbonyl (C=O) groups is 2. The van der Waals surface area contributed by atoms with Crippen molar-refractivity contribution in [1.29, 1.82) is 0 Å². The number of ether oxygens (including phenoxy) is 1. The van der Waals surface area contributed by atoms with Crippen LogP contribution in [-0.2, 0) is 4.79 Å². The maximum Gasteiger partial charge on any atom is 0.308 e. The van der Waals surface area contributed by atoms with Crippen molar-refractivity contribution in [3.05, 3.63) is 87.5 Å². The van der Waals surface area contributed by atoms with Crippen molar-refractivity contribution in [2.24, 2.45) is 0 Å². The zero-order chi connectivity index (χ0) is 23.0. The second-order valence-corrected chi connectivity index (χ2v) is 6.93. The van der Waals surface area contributed by atoms with Crippen molar-refractivity contribution >= 4 is 28.5 Å². The topological polar surface area (TPSA) is 117 Å². The first-order valence-corrected chi connectivity index (χ1v) is 9.37. The molecule has 0 unspecified atom stereocenters. The molecule has 0 saturated heterocycles. The molecule has 0 saturated carbocycles. The number of aromatic nitrogens is 3. The lowest BCUT2D eigenvalue weighted by Crippen LogP contribution is -2.09. The third-order valence-electron chi connectivity index (χ3n) is 4.71. The predicted octanol–water partition coefficient (Wildman–Crippen LogP) is 3.93. The fraction of sp³-hybridized carbons (Fsp3) is 0.0909. The van der Waals surface area contributed by atoms with Crippen LogP contribution in [0.5, 0.6) is 5.75 Å². The van der Waals surface area contributed by atoms with E-state index in [2.05, 4.69) is 10.1 Å². The number of rotatable bonds is 5. The quantitative estimate of drug-likeness (QED) is 0.154. The van der Waals surface area contributed by atoms with E-state index in [-0.39, 0.29) is 22.6 Å². The smallest absolute Gasteiger partial charge is 0.308 e. The second-order valence-electron chi connectivity index (χ2n) is 6.93. The largest absolute Gasteiger partial charge is 0.426 e. The summed E-state index contributed by atoms with van der Waals surface area (Å²) in [5.74, 6) is -1.92. The summed E-state index contributed by atoms with van der Waals surface area (Å²) in [6, 6.07) is 10.7. The summed E-state index contributed by atoms with van der Waals surface area (Å²) in [5, 5.41) is 15.9. The lowest BCUT2D eigenvalue weighted by Gasteiger charge is -2.09. The highest BCUT2D eigenvalue weighted by molar-refractivity contribution is 6.12. The first-order chi connectivity index (χ1) is 15.2. The molecule has 0 aliphatic carbocycles. The minimum Gasteiger partial charge on any atom is -0.426 e. The molecule has 160 valence electrons. The number of ketones is 1. The molecular formula is C22H15FN4O5. The summed E-state index contributed by atoms with van der Waals surface area (Å²) in [7, 11) is 0. The lowest BCUT2D eigenvalue weighted by atomic mass is 10.0. The summed E-state index contributed by atoms with van der Waals surface area (Å²) in [5.41, 5.74) is 1.56. The Kier molecular flexibility index (Phi) is 5.19. The number of benzene rings is 2. The van der Waals surface area contributed by atoms with Gasteiger partial charge in [-0.15, -0.1) is 0 Å². The average Bonchev–Trinajstić information content (AvgIpc) is 3.10. The van der Waals surface area contributed by atoms with Gasteiger partial charge < -0.3 is 4.74 Å². The SMILES string of the molecule is CC(=O)Oc1ccc(F)cc1C(=O)c1cnc2c(c1)c(C)nn2-c1ccc([N+](=O)[O-])cc1. The lowest BCUT2D eigenvalue weighted by molar-refractivity contribution is -0.384. The van der Waals surface area contributed by atoms with E-state index < -0.39 is 22.5 Å². The molecule has 0 atom stereocenters. The Morgan fingerprint density at radius 1 is 1.12 bits per heavy atom. The van der Waals surface area contributed by atoms with Crippen LogP contribution in [0.3, 0.4) is 0 Å². The van der Waals surface area contributed by atoms with E-state index in [1.165, 1.54) is 36.0 Å². The number of halogens is 1. The Balaban J connectivity index is 1.76. The molecule has 0 N–H and O–H groups in total. The number of esters is 1. The highest BCUT2D eigenvalue weighted by Gasteiger charge is 2.20. The molecule has 4 aromatic rings. The minimum absolute atomic E-state index is 0.0534. The van der Waals surface area contributed by atoms with E-state index >= 15 is 0 Å². The number of nitro groups is 1. The molecule has 2 aromatic carbocycles. The van der Waals surface area contributed by atoms with Gasteiger partial charge in [0.1, 0.15) is 11.6 Å². The number of fused-ring (bicyclic) bond motifs is 1. The van der Waals surface area contributed by atoms with Gasteiger partial charge in [-0.2, -0.15) is 5.10 Å². The molecule has 0 aliphatic rings. The van der Waals surface area contributed by atoms with Crippen LogP contribution in [0.1, 0.15) is 28.5 Å². The number of hydrogen-bond acceptors (Lipinski definition) is 7. The number of hydrogen-bond donors (Lipinski definition) is 0. The monoisotopic (exact) mass is 434 g/mol. The van der Waals surface area contributed by atoms with Crippen LogP contribution < -0.4 is 4.74 Å². The first-order valence-electron chi connectivity index (χ1n) is 9.37. The van der Waals surface area contributed by atoms with Crippen molar-refractivity contribution in [1.82, 2.24) is 14.8 Å². The first kappa shape index (κ1) is 20.8. The molecule has 2 heterocycles. The fourth-order valence-corrected chi connectivity index (χ4v) is 3.24. The highest BCUT2D eigenvalue weighted by Crippen LogP contribution is 2.26. The Hall–Kier alpha value is -4.47. The standard InChI is InChI=1S/C22H15FN4O5/c1-12-18-9-14(21(29)19-10-15(23)3-8-20(19)32-13(2)28)11-24-22(18)26(25-12)16-4-6-17(7-5-16)27(30)31/h3-11H,1-2H3. The minimum atomic E-state index is -0.652.